The molecule has 1 aliphatic rings. The van der Waals surface area contributed by atoms with E-state index < -0.39 is 42.1 Å². The first-order chi connectivity index (χ1) is 18.0. The number of amides is 2. The Morgan fingerprint density at radius 3 is 2.63 bits per heavy atom. The van der Waals surface area contributed by atoms with Crippen molar-refractivity contribution in [2.75, 3.05) is 6.54 Å². The number of aromatic amines is 1. The number of carbonyl (C=O) groups excluding carboxylic acids is 2. The van der Waals surface area contributed by atoms with Crippen LogP contribution >= 0.6 is 11.6 Å². The van der Waals surface area contributed by atoms with Gasteiger partial charge in [0.25, 0.3) is 5.91 Å². The van der Waals surface area contributed by atoms with Crippen LogP contribution in [0, 0.1) is 0 Å². The van der Waals surface area contributed by atoms with Crippen LogP contribution in [0.15, 0.2) is 48.5 Å². The molecule has 4 atom stereocenters. The average molecular weight is 544 g/mol. The van der Waals surface area contributed by atoms with Crippen molar-refractivity contribution in [3.05, 3.63) is 70.4 Å². The summed E-state index contributed by atoms with van der Waals surface area (Å²) in [5.74, 6) is -2.08. The number of aliphatic hydroxyl groups is 3. The minimum atomic E-state index is -1.57. The number of hydrogen-bond donors (Lipinski definition) is 7. The number of rotatable bonds is 10. The van der Waals surface area contributed by atoms with Gasteiger partial charge in [-0.1, -0.05) is 35.9 Å². The molecule has 1 aromatic heterocycles. The molecule has 0 fully saturated rings. The lowest BCUT2D eigenvalue weighted by molar-refractivity contribution is -0.139. The second-order valence-corrected chi connectivity index (χ2v) is 10.2. The van der Waals surface area contributed by atoms with E-state index in [0.29, 0.717) is 22.7 Å². The molecule has 11 heteroatoms. The van der Waals surface area contributed by atoms with E-state index in [1.807, 2.05) is 12.1 Å². The van der Waals surface area contributed by atoms with Gasteiger partial charge in [-0.3, -0.25) is 14.4 Å². The Labute approximate surface area is 223 Å². The van der Waals surface area contributed by atoms with Gasteiger partial charge >= 0.3 is 5.97 Å². The maximum Gasteiger partial charge on any atom is 0.305 e. The first-order valence-electron chi connectivity index (χ1n) is 12.3. The van der Waals surface area contributed by atoms with Crippen molar-refractivity contribution in [1.29, 1.82) is 0 Å². The number of aliphatic carboxylic acids is 1. The number of aliphatic hydroxyl groups excluding tert-OH is 2. The van der Waals surface area contributed by atoms with Gasteiger partial charge in [0, 0.05) is 41.4 Å². The standard InChI is InChI=1S/C27H30ClN3O7/c28-17-5-6-22-16(7-17)9-23(31-22)26(37)30-18-8-15-3-1-2-4-21(15)27(38,12-18)13-24(34)29-14-20(33)10-19(32)11-25(35)36/h1-7,9,18-20,31-33,38H,8,10-14H2,(H,29,34)(H,30,37)(H,35,36)/t18-,19+,20-,27-/m0/s1. The maximum atomic E-state index is 13.0. The highest BCUT2D eigenvalue weighted by Crippen LogP contribution is 2.38. The molecule has 0 aliphatic heterocycles. The third kappa shape index (κ3) is 6.70. The highest BCUT2D eigenvalue weighted by molar-refractivity contribution is 6.31. The summed E-state index contributed by atoms with van der Waals surface area (Å²) in [6.45, 7) is -0.211. The monoisotopic (exact) mass is 543 g/mol. The maximum absolute atomic E-state index is 13.0. The summed E-state index contributed by atoms with van der Waals surface area (Å²) >= 11 is 6.04. The van der Waals surface area contributed by atoms with Crippen LogP contribution in [0.5, 0.6) is 0 Å². The van der Waals surface area contributed by atoms with Gasteiger partial charge in [0.2, 0.25) is 5.91 Å². The first-order valence-corrected chi connectivity index (χ1v) is 12.6. The molecule has 0 saturated carbocycles. The van der Waals surface area contributed by atoms with Gasteiger partial charge in [0.1, 0.15) is 11.3 Å². The molecule has 0 bridgehead atoms. The van der Waals surface area contributed by atoms with Crippen molar-refractivity contribution < 1.29 is 34.8 Å². The van der Waals surface area contributed by atoms with E-state index in [1.54, 1.807) is 36.4 Å². The summed E-state index contributed by atoms with van der Waals surface area (Å²) < 4.78 is 0. The van der Waals surface area contributed by atoms with Crippen molar-refractivity contribution in [1.82, 2.24) is 15.6 Å². The predicted molar refractivity (Wildman–Crippen MR) is 140 cm³/mol. The van der Waals surface area contributed by atoms with Gasteiger partial charge in [0.15, 0.2) is 0 Å². The van der Waals surface area contributed by atoms with Gasteiger partial charge in [-0.05, 0) is 41.8 Å². The molecule has 7 N–H and O–H groups in total. The van der Waals surface area contributed by atoms with Crippen molar-refractivity contribution in [3.8, 4) is 0 Å². The molecule has 1 aliphatic carbocycles. The smallest absolute Gasteiger partial charge is 0.305 e. The van der Waals surface area contributed by atoms with Gasteiger partial charge in [0.05, 0.1) is 25.0 Å². The van der Waals surface area contributed by atoms with Crippen molar-refractivity contribution in [3.63, 3.8) is 0 Å². The molecule has 0 saturated heterocycles. The Bertz CT molecular complexity index is 1340. The zero-order valence-electron chi connectivity index (χ0n) is 20.5. The minimum absolute atomic E-state index is 0.0924. The second-order valence-electron chi connectivity index (χ2n) is 9.80. The molecular weight excluding hydrogens is 514 g/mol. The van der Waals surface area contributed by atoms with Crippen molar-refractivity contribution in [2.45, 2.75) is 56.0 Å². The molecule has 1 heterocycles. The quantitative estimate of drug-likeness (QED) is 0.204. The zero-order valence-corrected chi connectivity index (χ0v) is 21.2. The summed E-state index contributed by atoms with van der Waals surface area (Å²) in [5, 5.41) is 46.9. The number of fused-ring (bicyclic) bond motifs is 2. The summed E-state index contributed by atoms with van der Waals surface area (Å²) in [6.07, 6.45) is -2.87. The lowest BCUT2D eigenvalue weighted by Gasteiger charge is -2.38. The van der Waals surface area contributed by atoms with Crippen LogP contribution in [0.2, 0.25) is 5.02 Å². The number of halogens is 1. The Kier molecular flexibility index (Phi) is 8.37. The van der Waals surface area contributed by atoms with Crippen LogP contribution < -0.4 is 10.6 Å². The van der Waals surface area contributed by atoms with E-state index in [0.717, 1.165) is 16.5 Å². The summed E-state index contributed by atoms with van der Waals surface area (Å²) in [7, 11) is 0. The molecular formula is C27H30ClN3O7. The van der Waals surface area contributed by atoms with E-state index in [9.17, 15) is 29.7 Å². The SMILES string of the molecule is O=C(O)C[C@H](O)C[C@H](O)CNC(=O)C[C@@]1(O)C[C@@H](NC(=O)c2cc3cc(Cl)ccc3[nH]2)Cc2ccccc21. The number of benzene rings is 2. The Balaban J connectivity index is 1.42. The van der Waals surface area contributed by atoms with Crippen LogP contribution in [0.4, 0.5) is 0 Å². The Hall–Kier alpha value is -3.44. The molecule has 2 amide bonds. The fourth-order valence-corrected chi connectivity index (χ4v) is 5.19. The lowest BCUT2D eigenvalue weighted by Crippen LogP contribution is -2.48. The number of carboxylic acid groups (broad SMARTS) is 1. The van der Waals surface area contributed by atoms with Gasteiger partial charge < -0.3 is 36.0 Å². The first kappa shape index (κ1) is 27.6. The Morgan fingerprint density at radius 1 is 1.11 bits per heavy atom. The fourth-order valence-electron chi connectivity index (χ4n) is 5.01. The number of hydrogen-bond acceptors (Lipinski definition) is 6. The van der Waals surface area contributed by atoms with Gasteiger partial charge in [-0.2, -0.15) is 0 Å². The van der Waals surface area contributed by atoms with E-state index in [2.05, 4.69) is 15.6 Å². The molecule has 10 nitrogen and oxygen atoms in total. The van der Waals surface area contributed by atoms with E-state index in [-0.39, 0.29) is 31.7 Å². The van der Waals surface area contributed by atoms with Crippen LogP contribution in [0.3, 0.4) is 0 Å². The second kappa shape index (κ2) is 11.5. The topological polar surface area (TPSA) is 172 Å². The van der Waals surface area contributed by atoms with Gasteiger partial charge in [-0.25, -0.2) is 0 Å². The van der Waals surface area contributed by atoms with E-state index in [4.69, 9.17) is 16.7 Å². The molecule has 0 spiro atoms. The van der Waals surface area contributed by atoms with Crippen molar-refractivity contribution >= 4 is 40.3 Å². The highest BCUT2D eigenvalue weighted by atomic mass is 35.5. The lowest BCUT2D eigenvalue weighted by atomic mass is 9.74. The molecule has 38 heavy (non-hydrogen) atoms. The largest absolute Gasteiger partial charge is 0.481 e. The molecule has 3 aromatic rings. The molecule has 2 aromatic carbocycles. The summed E-state index contributed by atoms with van der Waals surface area (Å²) in [5.41, 5.74) is 0.942. The number of aromatic nitrogens is 1. The molecule has 0 unspecified atom stereocenters. The van der Waals surface area contributed by atoms with Crippen LogP contribution in [0.25, 0.3) is 10.9 Å². The zero-order chi connectivity index (χ0) is 27.4. The summed E-state index contributed by atoms with van der Waals surface area (Å²) in [6, 6.07) is 13.7. The average Bonchev–Trinajstić information content (AvgIpc) is 3.25. The minimum Gasteiger partial charge on any atom is -0.481 e. The van der Waals surface area contributed by atoms with E-state index >= 15 is 0 Å². The number of carboxylic acids is 1. The number of carbonyl (C=O) groups is 3. The highest BCUT2D eigenvalue weighted by Gasteiger charge is 2.41. The summed E-state index contributed by atoms with van der Waals surface area (Å²) in [4.78, 5) is 39.5. The molecule has 0 radical (unpaired) electrons. The normalized spacial score (nSPS) is 20.4. The molecule has 202 valence electrons. The predicted octanol–water partition coefficient (Wildman–Crippen LogP) is 1.85. The van der Waals surface area contributed by atoms with Crippen molar-refractivity contribution in [2.24, 2.45) is 0 Å². The number of nitrogens with one attached hydrogen (secondary N) is 3. The van der Waals surface area contributed by atoms with Crippen LogP contribution in [0.1, 0.15) is 47.3 Å². The third-order valence-corrected chi connectivity index (χ3v) is 6.91. The fraction of sp³-hybridized carbons (Fsp3) is 0.370. The van der Waals surface area contributed by atoms with Gasteiger partial charge in [-0.15, -0.1) is 0 Å². The van der Waals surface area contributed by atoms with E-state index in [1.165, 1.54) is 0 Å². The third-order valence-electron chi connectivity index (χ3n) is 6.67. The Morgan fingerprint density at radius 2 is 1.87 bits per heavy atom. The number of H-pyrrole nitrogens is 1. The molecule has 4 rings (SSSR count). The van der Waals surface area contributed by atoms with Crippen LogP contribution in [-0.2, 0) is 21.6 Å². The van der Waals surface area contributed by atoms with Crippen LogP contribution in [-0.4, -0.2) is 68.0 Å².